The van der Waals surface area contributed by atoms with Crippen LogP contribution in [0, 0.1) is 17.6 Å². The van der Waals surface area contributed by atoms with E-state index in [1.807, 2.05) is 0 Å². The first kappa shape index (κ1) is 30.8. The summed E-state index contributed by atoms with van der Waals surface area (Å²) in [6, 6.07) is 10.3. The summed E-state index contributed by atoms with van der Waals surface area (Å²) < 4.78 is 28.2. The lowest BCUT2D eigenvalue weighted by molar-refractivity contribution is -0.118. The largest absolute Gasteiger partial charge is 0.326 e. The number of rotatable bonds is 7. The van der Waals surface area contributed by atoms with Gasteiger partial charge in [0.2, 0.25) is 11.8 Å². The van der Waals surface area contributed by atoms with Gasteiger partial charge in [0.1, 0.15) is 15.8 Å². The van der Waals surface area contributed by atoms with Gasteiger partial charge >= 0.3 is 0 Å². The Balaban J connectivity index is 0.00000264. The van der Waals surface area contributed by atoms with E-state index in [1.165, 1.54) is 18.2 Å². The molecule has 3 aromatic rings. The van der Waals surface area contributed by atoms with Gasteiger partial charge in [-0.3, -0.25) is 14.4 Å². The smallest absolute Gasteiger partial charge is 0.257 e. The summed E-state index contributed by atoms with van der Waals surface area (Å²) in [5.41, 5.74) is -0.376. The minimum atomic E-state index is -1.41. The van der Waals surface area contributed by atoms with Gasteiger partial charge in [-0.15, -0.1) is 23.2 Å². The van der Waals surface area contributed by atoms with Crippen molar-refractivity contribution in [2.75, 3.05) is 22.5 Å². The summed E-state index contributed by atoms with van der Waals surface area (Å²) in [6.07, 6.45) is 1.29. The number of alkyl halides is 2. The van der Waals surface area contributed by atoms with Crippen molar-refractivity contribution in [3.05, 3.63) is 86.4 Å². The SMILES string of the molecule is O=C(Nc1ccc(F)c(NC(=O)[C@H]2CCCN2)c1F)c1cc(NC(=O)[C@H]2[C@H](c3ccc(Cl)c(Cl)c3)C2(Cl)Cl)ccc1Cl.[HH].[HH].[HH].[HH]. The Labute approximate surface area is 270 Å². The summed E-state index contributed by atoms with van der Waals surface area (Å²) >= 11 is 31.1. The molecule has 3 amide bonds. The minimum Gasteiger partial charge on any atom is -0.326 e. The number of nitrogens with one attached hydrogen (secondary N) is 4. The molecule has 42 heavy (non-hydrogen) atoms. The van der Waals surface area contributed by atoms with Gasteiger partial charge in [-0.1, -0.05) is 40.9 Å². The van der Waals surface area contributed by atoms with Crippen molar-refractivity contribution >= 4 is 92.8 Å². The van der Waals surface area contributed by atoms with Crippen LogP contribution < -0.4 is 21.3 Å². The van der Waals surface area contributed by atoms with E-state index in [1.54, 1.807) is 18.2 Å². The maximum atomic E-state index is 15.2. The fraction of sp³-hybridized carbons (Fsp3) is 0.250. The van der Waals surface area contributed by atoms with E-state index >= 15 is 4.39 Å². The average Bonchev–Trinajstić information content (AvgIpc) is 3.25. The van der Waals surface area contributed by atoms with Gasteiger partial charge in [-0.05, 0) is 67.4 Å². The highest BCUT2D eigenvalue weighted by Crippen LogP contribution is 2.65. The zero-order chi connectivity index (χ0) is 30.3. The zero-order valence-electron chi connectivity index (χ0n) is 21.3. The molecule has 0 radical (unpaired) electrons. The molecule has 1 heterocycles. The summed E-state index contributed by atoms with van der Waals surface area (Å²) in [5, 5.41) is 10.8. The number of halogens is 7. The van der Waals surface area contributed by atoms with Crippen LogP contribution >= 0.6 is 58.0 Å². The molecule has 0 unspecified atom stereocenters. The van der Waals surface area contributed by atoms with Crippen molar-refractivity contribution in [1.29, 1.82) is 0 Å². The standard InChI is InChI=1S/C28H21Cl5F2N4O3.4H2/c29-15-6-4-13(37-27(42)22-21(28(22,32)33)12-3-5-16(30)17(31)10-12)11-14(15)25(40)38-19-8-7-18(34)24(23(19)35)39-26(41)20-2-1-9-36-20;;;;/h3-8,10-11,20-22,36H,1-2,9H2,(H,37,42)(H,38,40)(H,39,41);4*1H/t20-,21+,22-;;;;/m1..../s1. The Morgan fingerprint density at radius 2 is 1.62 bits per heavy atom. The van der Waals surface area contributed by atoms with E-state index in [-0.39, 0.29) is 27.0 Å². The number of hydrogen-bond acceptors (Lipinski definition) is 4. The molecule has 1 aliphatic heterocycles. The van der Waals surface area contributed by atoms with Crippen LogP contribution in [0.1, 0.15) is 40.4 Å². The fourth-order valence-corrected chi connectivity index (χ4v) is 6.18. The topological polar surface area (TPSA) is 99.3 Å². The molecule has 3 aromatic carbocycles. The predicted molar refractivity (Wildman–Crippen MR) is 170 cm³/mol. The molecule has 2 aliphatic rings. The van der Waals surface area contributed by atoms with E-state index in [2.05, 4.69) is 21.3 Å². The van der Waals surface area contributed by atoms with Gasteiger partial charge in [0.05, 0.1) is 38.3 Å². The Morgan fingerprint density at radius 3 is 2.31 bits per heavy atom. The fourth-order valence-electron chi connectivity index (χ4n) is 4.84. The van der Waals surface area contributed by atoms with Crippen LogP contribution in [0.25, 0.3) is 0 Å². The Kier molecular flexibility index (Phi) is 8.90. The summed E-state index contributed by atoms with van der Waals surface area (Å²) in [6.45, 7) is 0.622. The second kappa shape index (κ2) is 12.1. The lowest BCUT2D eigenvalue weighted by Crippen LogP contribution is -2.36. The Hall–Kier alpha value is -2.66. The van der Waals surface area contributed by atoms with Crippen LogP contribution in [0.15, 0.2) is 48.5 Å². The molecule has 3 atom stereocenters. The van der Waals surface area contributed by atoms with E-state index in [9.17, 15) is 18.8 Å². The molecule has 1 saturated carbocycles. The molecule has 1 aliphatic carbocycles. The van der Waals surface area contributed by atoms with Crippen LogP contribution in [0.5, 0.6) is 0 Å². The normalized spacial score (nSPS) is 20.6. The highest BCUT2D eigenvalue weighted by atomic mass is 35.5. The van der Waals surface area contributed by atoms with Crippen molar-refractivity contribution < 1.29 is 28.9 Å². The van der Waals surface area contributed by atoms with Gasteiger partial charge in [0.25, 0.3) is 5.91 Å². The van der Waals surface area contributed by atoms with Gasteiger partial charge in [0.15, 0.2) is 5.82 Å². The third-order valence-corrected chi connectivity index (χ3v) is 9.09. The number of carbonyl (C=O) groups is 3. The molecule has 4 N–H and O–H groups in total. The van der Waals surface area contributed by atoms with Crippen molar-refractivity contribution in [2.45, 2.75) is 29.1 Å². The van der Waals surface area contributed by atoms with Crippen LogP contribution in [0.2, 0.25) is 15.1 Å². The summed E-state index contributed by atoms with van der Waals surface area (Å²) in [5.74, 6) is -5.53. The highest BCUT2D eigenvalue weighted by molar-refractivity contribution is 6.53. The molecule has 7 nitrogen and oxygen atoms in total. The number of amides is 3. The zero-order valence-corrected chi connectivity index (χ0v) is 25.1. The maximum Gasteiger partial charge on any atom is 0.257 e. The molecule has 2 fully saturated rings. The van der Waals surface area contributed by atoms with Crippen molar-refractivity contribution in [3.8, 4) is 0 Å². The third kappa shape index (κ3) is 6.18. The Morgan fingerprint density at radius 1 is 0.881 bits per heavy atom. The first-order valence-electron chi connectivity index (χ1n) is 12.6. The van der Waals surface area contributed by atoms with E-state index in [0.29, 0.717) is 23.6 Å². The number of anilines is 3. The summed E-state index contributed by atoms with van der Waals surface area (Å²) in [4.78, 5) is 38.5. The molecule has 1 saturated heterocycles. The first-order valence-corrected chi connectivity index (χ1v) is 14.5. The van der Waals surface area contributed by atoms with Crippen molar-refractivity contribution in [3.63, 3.8) is 0 Å². The maximum absolute atomic E-state index is 15.2. The first-order chi connectivity index (χ1) is 19.9. The van der Waals surface area contributed by atoms with Gasteiger partial charge in [-0.2, -0.15) is 0 Å². The molecule has 228 valence electrons. The molecule has 5 rings (SSSR count). The third-order valence-electron chi connectivity index (χ3n) is 7.08. The Bertz CT molecular complexity index is 1620. The molecular weight excluding hydrogens is 656 g/mol. The number of hydrogen-bond donors (Lipinski definition) is 4. The van der Waals surface area contributed by atoms with E-state index in [4.69, 9.17) is 58.0 Å². The second-order valence-electron chi connectivity index (χ2n) is 9.86. The quantitative estimate of drug-likeness (QED) is 0.188. The van der Waals surface area contributed by atoms with E-state index in [0.717, 1.165) is 18.6 Å². The van der Waals surface area contributed by atoms with Crippen molar-refractivity contribution in [1.82, 2.24) is 5.32 Å². The molecule has 0 spiro atoms. The lowest BCUT2D eigenvalue weighted by atomic mass is 10.1. The second-order valence-corrected chi connectivity index (χ2v) is 12.5. The van der Waals surface area contributed by atoms with Crippen molar-refractivity contribution in [2.24, 2.45) is 5.92 Å². The van der Waals surface area contributed by atoms with Gasteiger partial charge < -0.3 is 21.3 Å². The van der Waals surface area contributed by atoms with Gasteiger partial charge in [0, 0.05) is 17.3 Å². The number of benzene rings is 3. The minimum absolute atomic E-state index is 0. The molecule has 14 heteroatoms. The van der Waals surface area contributed by atoms with Crippen LogP contribution in [0.4, 0.5) is 25.8 Å². The monoisotopic (exact) mass is 682 g/mol. The van der Waals surface area contributed by atoms with Crippen LogP contribution in [0.3, 0.4) is 0 Å². The van der Waals surface area contributed by atoms with Crippen LogP contribution in [-0.4, -0.2) is 34.6 Å². The van der Waals surface area contributed by atoms with Gasteiger partial charge in [-0.25, -0.2) is 8.78 Å². The predicted octanol–water partition coefficient (Wildman–Crippen LogP) is 8.38. The molecule has 0 bridgehead atoms. The average molecular weight is 685 g/mol. The lowest BCUT2D eigenvalue weighted by Gasteiger charge is -2.15. The highest BCUT2D eigenvalue weighted by Gasteiger charge is 2.67. The molecular formula is C28H29Cl5F2N4O3. The van der Waals surface area contributed by atoms with E-state index < -0.39 is 62.9 Å². The van der Waals surface area contributed by atoms with Crippen LogP contribution in [-0.2, 0) is 9.59 Å². The summed E-state index contributed by atoms with van der Waals surface area (Å²) in [7, 11) is 0. The number of carbonyl (C=O) groups excluding carboxylic acids is 3. The molecule has 0 aromatic heterocycles.